The normalized spacial score (nSPS) is 18.3. The Balaban J connectivity index is 2.13. The molecule has 0 aromatic heterocycles. The fourth-order valence-electron chi connectivity index (χ4n) is 3.24. The summed E-state index contributed by atoms with van der Waals surface area (Å²) in [5.41, 5.74) is 0.261. The zero-order valence-electron chi connectivity index (χ0n) is 15.2. The fourth-order valence-corrected chi connectivity index (χ4v) is 4.14. The summed E-state index contributed by atoms with van der Waals surface area (Å²) in [5.74, 6) is 0.0757. The summed E-state index contributed by atoms with van der Waals surface area (Å²) in [4.78, 5) is 15.2. The second kappa shape index (κ2) is 8.67. The summed E-state index contributed by atoms with van der Waals surface area (Å²) in [5, 5.41) is 2.95. The molecular weight excluding hydrogens is 340 g/mol. The molecule has 25 heavy (non-hydrogen) atoms. The number of likely N-dealkylation sites (tertiary alicyclic amines) is 1. The molecule has 140 valence electrons. The topological polar surface area (TPSA) is 75.7 Å². The van der Waals surface area contributed by atoms with Gasteiger partial charge in [-0.1, -0.05) is 13.8 Å². The molecule has 0 spiro atoms. The van der Waals surface area contributed by atoms with Gasteiger partial charge in [0.1, 0.15) is 5.75 Å². The van der Waals surface area contributed by atoms with Gasteiger partial charge < -0.3 is 10.1 Å². The van der Waals surface area contributed by atoms with Gasteiger partial charge >= 0.3 is 0 Å². The van der Waals surface area contributed by atoms with Gasteiger partial charge in [0.25, 0.3) is 5.91 Å². The van der Waals surface area contributed by atoms with E-state index in [-0.39, 0.29) is 22.1 Å². The minimum atomic E-state index is -3.37. The molecule has 1 N–H and O–H groups in total. The van der Waals surface area contributed by atoms with Crippen LogP contribution < -0.4 is 10.1 Å². The van der Waals surface area contributed by atoms with E-state index in [1.54, 1.807) is 6.92 Å². The Morgan fingerprint density at radius 3 is 2.76 bits per heavy atom. The van der Waals surface area contributed by atoms with Gasteiger partial charge in [0, 0.05) is 12.6 Å². The van der Waals surface area contributed by atoms with Crippen LogP contribution in [0.4, 0.5) is 0 Å². The van der Waals surface area contributed by atoms with E-state index in [9.17, 15) is 13.2 Å². The zero-order chi connectivity index (χ0) is 18.4. The molecule has 1 unspecified atom stereocenters. The number of nitrogens with one attached hydrogen (secondary N) is 1. The number of nitrogens with zero attached hydrogens (tertiary/aromatic N) is 1. The Kier molecular flexibility index (Phi) is 6.84. The van der Waals surface area contributed by atoms with Crippen LogP contribution in [-0.2, 0) is 9.84 Å². The molecular formula is C18H28N2O4S. The predicted molar refractivity (Wildman–Crippen MR) is 97.9 cm³/mol. The van der Waals surface area contributed by atoms with Crippen LogP contribution in [0.15, 0.2) is 23.1 Å². The molecule has 1 saturated heterocycles. The maximum absolute atomic E-state index is 12.6. The minimum Gasteiger partial charge on any atom is -0.496 e. The number of benzene rings is 1. The fraction of sp³-hybridized carbons (Fsp3) is 0.611. The van der Waals surface area contributed by atoms with Crippen molar-refractivity contribution in [2.45, 2.75) is 44.0 Å². The highest BCUT2D eigenvalue weighted by molar-refractivity contribution is 7.91. The highest BCUT2D eigenvalue weighted by Gasteiger charge is 2.25. The Hall–Kier alpha value is -1.60. The van der Waals surface area contributed by atoms with Crippen molar-refractivity contribution in [1.29, 1.82) is 0 Å². The molecule has 1 aromatic rings. The number of hydrogen-bond acceptors (Lipinski definition) is 5. The lowest BCUT2D eigenvalue weighted by atomic mass is 10.1. The van der Waals surface area contributed by atoms with Crippen LogP contribution in [0.25, 0.3) is 0 Å². The average molecular weight is 368 g/mol. The van der Waals surface area contributed by atoms with E-state index < -0.39 is 9.84 Å². The largest absolute Gasteiger partial charge is 0.496 e. The third kappa shape index (κ3) is 4.73. The van der Waals surface area contributed by atoms with Crippen LogP contribution in [0.1, 0.15) is 43.5 Å². The minimum absolute atomic E-state index is 0.00552. The van der Waals surface area contributed by atoms with Gasteiger partial charge in [-0.05, 0) is 50.6 Å². The number of rotatable bonds is 8. The first kappa shape index (κ1) is 19.7. The Morgan fingerprint density at radius 2 is 2.12 bits per heavy atom. The van der Waals surface area contributed by atoms with Crippen LogP contribution in [0.3, 0.4) is 0 Å². The number of sulfone groups is 1. The number of methoxy groups -OCH3 is 1. The molecule has 1 atom stereocenters. The molecule has 0 aliphatic carbocycles. The van der Waals surface area contributed by atoms with E-state index in [0.29, 0.717) is 18.3 Å². The van der Waals surface area contributed by atoms with Crippen LogP contribution in [0, 0.1) is 0 Å². The molecule has 7 heteroatoms. The average Bonchev–Trinajstić information content (AvgIpc) is 3.06. The van der Waals surface area contributed by atoms with Crippen molar-refractivity contribution in [2.75, 3.05) is 32.5 Å². The summed E-state index contributed by atoms with van der Waals surface area (Å²) in [7, 11) is -1.90. The third-order valence-electron chi connectivity index (χ3n) is 4.66. The monoisotopic (exact) mass is 368 g/mol. The van der Waals surface area contributed by atoms with E-state index in [4.69, 9.17) is 4.74 Å². The van der Waals surface area contributed by atoms with Gasteiger partial charge in [-0.25, -0.2) is 8.42 Å². The van der Waals surface area contributed by atoms with Crippen LogP contribution in [0.5, 0.6) is 5.75 Å². The summed E-state index contributed by atoms with van der Waals surface area (Å²) in [6, 6.07) is 4.77. The van der Waals surface area contributed by atoms with Crippen molar-refractivity contribution >= 4 is 15.7 Å². The van der Waals surface area contributed by atoms with Gasteiger partial charge in [-0.2, -0.15) is 0 Å². The SMILES string of the molecule is CCCN1CCCC1CNC(=O)c1cc(S(=O)(=O)CC)ccc1OC. The molecule has 1 amide bonds. The molecule has 2 rings (SSSR count). The van der Waals surface area contributed by atoms with Crippen molar-refractivity contribution in [1.82, 2.24) is 10.2 Å². The van der Waals surface area contributed by atoms with Crippen molar-refractivity contribution in [3.05, 3.63) is 23.8 Å². The number of carbonyl (C=O) groups excluding carboxylic acids is 1. The standard InChI is InChI=1S/C18H28N2O4S/c1-4-10-20-11-6-7-14(20)13-19-18(21)16-12-15(25(22,23)5-2)8-9-17(16)24-3/h8-9,12,14H,4-7,10-11,13H2,1-3H3,(H,19,21). The second-order valence-corrected chi connectivity index (χ2v) is 8.59. The smallest absolute Gasteiger partial charge is 0.255 e. The van der Waals surface area contributed by atoms with Gasteiger partial charge in [0.05, 0.1) is 23.3 Å². The summed E-state index contributed by atoms with van der Waals surface area (Å²) in [6.07, 6.45) is 3.31. The van der Waals surface area contributed by atoms with Crippen LogP contribution in [0.2, 0.25) is 0 Å². The van der Waals surface area contributed by atoms with E-state index in [1.807, 2.05) is 0 Å². The van der Waals surface area contributed by atoms with Crippen molar-refractivity contribution < 1.29 is 17.9 Å². The van der Waals surface area contributed by atoms with Gasteiger partial charge in [-0.15, -0.1) is 0 Å². The predicted octanol–water partition coefficient (Wildman–Crippen LogP) is 2.09. The van der Waals surface area contributed by atoms with Crippen molar-refractivity contribution in [3.63, 3.8) is 0 Å². The third-order valence-corrected chi connectivity index (χ3v) is 6.40. The number of amides is 1. The molecule has 0 bridgehead atoms. The summed E-state index contributed by atoms with van der Waals surface area (Å²) in [6.45, 7) is 6.41. The lowest BCUT2D eigenvalue weighted by Gasteiger charge is -2.24. The molecule has 0 radical (unpaired) electrons. The number of ether oxygens (including phenoxy) is 1. The molecule has 1 aliphatic rings. The molecule has 0 saturated carbocycles. The Labute approximate surface area is 150 Å². The second-order valence-electron chi connectivity index (χ2n) is 6.31. The summed E-state index contributed by atoms with van der Waals surface area (Å²) >= 11 is 0. The first-order chi connectivity index (χ1) is 11.9. The molecule has 1 aliphatic heterocycles. The maximum Gasteiger partial charge on any atom is 0.255 e. The van der Waals surface area contributed by atoms with Crippen molar-refractivity contribution in [3.8, 4) is 5.75 Å². The maximum atomic E-state index is 12.6. The Morgan fingerprint density at radius 1 is 1.36 bits per heavy atom. The van der Waals surface area contributed by atoms with Gasteiger partial charge in [-0.3, -0.25) is 9.69 Å². The summed E-state index contributed by atoms with van der Waals surface area (Å²) < 4.78 is 29.4. The lowest BCUT2D eigenvalue weighted by molar-refractivity contribution is 0.0937. The quantitative estimate of drug-likeness (QED) is 0.760. The van der Waals surface area contributed by atoms with E-state index >= 15 is 0 Å². The molecule has 6 nitrogen and oxygen atoms in total. The molecule has 1 heterocycles. The van der Waals surface area contributed by atoms with E-state index in [2.05, 4.69) is 17.1 Å². The van der Waals surface area contributed by atoms with Gasteiger partial charge in [0.2, 0.25) is 0 Å². The molecule has 1 fully saturated rings. The highest BCUT2D eigenvalue weighted by Crippen LogP contribution is 2.23. The lowest BCUT2D eigenvalue weighted by Crippen LogP contribution is -2.40. The Bertz CT molecular complexity index is 703. The van der Waals surface area contributed by atoms with E-state index in [0.717, 1.165) is 32.4 Å². The highest BCUT2D eigenvalue weighted by atomic mass is 32.2. The first-order valence-corrected chi connectivity index (χ1v) is 10.5. The van der Waals surface area contributed by atoms with Crippen molar-refractivity contribution in [2.24, 2.45) is 0 Å². The number of hydrogen-bond donors (Lipinski definition) is 1. The zero-order valence-corrected chi connectivity index (χ0v) is 16.1. The first-order valence-electron chi connectivity index (χ1n) is 8.86. The van der Waals surface area contributed by atoms with Crippen LogP contribution >= 0.6 is 0 Å². The van der Waals surface area contributed by atoms with Gasteiger partial charge in [0.15, 0.2) is 9.84 Å². The molecule has 1 aromatic carbocycles. The number of carbonyl (C=O) groups is 1. The van der Waals surface area contributed by atoms with Crippen LogP contribution in [-0.4, -0.2) is 57.8 Å². The van der Waals surface area contributed by atoms with E-state index in [1.165, 1.54) is 25.3 Å².